The molecule has 0 saturated carbocycles. The average Bonchev–Trinajstić information content (AvgIpc) is 2.74. The van der Waals surface area contributed by atoms with E-state index in [-0.39, 0.29) is 5.56 Å². The van der Waals surface area contributed by atoms with Crippen molar-refractivity contribution >= 4 is 16.7 Å². The van der Waals surface area contributed by atoms with Crippen molar-refractivity contribution in [2.45, 2.75) is 0 Å². The van der Waals surface area contributed by atoms with E-state index in [0.717, 1.165) is 22.5 Å². The van der Waals surface area contributed by atoms with Crippen LogP contribution in [-0.4, -0.2) is 35.2 Å². The zero-order valence-electron chi connectivity index (χ0n) is 15.4. The molecule has 0 amide bonds. The summed E-state index contributed by atoms with van der Waals surface area (Å²) >= 11 is 0. The fourth-order valence-corrected chi connectivity index (χ4v) is 2.95. The van der Waals surface area contributed by atoms with E-state index in [1.54, 1.807) is 12.1 Å². The molecular formula is C22H19FN4O. The second kappa shape index (κ2) is 8.00. The molecule has 0 N–H and O–H groups in total. The smallest absolute Gasteiger partial charge is 0.223 e. The molecule has 0 bridgehead atoms. The van der Waals surface area contributed by atoms with Crippen molar-refractivity contribution in [2.24, 2.45) is 0 Å². The third kappa shape index (κ3) is 3.76. The van der Waals surface area contributed by atoms with Crippen molar-refractivity contribution in [2.75, 3.05) is 25.1 Å². The number of anilines is 1. The number of para-hydroxylation sites is 2. The SMILES string of the molecule is CN(CCOc1ccccc1)c1nc(-c2cccnc2F)nc2ccccc12. The first-order chi connectivity index (χ1) is 13.7. The van der Waals surface area contributed by atoms with Gasteiger partial charge in [0.05, 0.1) is 17.6 Å². The van der Waals surface area contributed by atoms with Crippen LogP contribution in [0.5, 0.6) is 5.75 Å². The molecule has 0 unspecified atom stereocenters. The highest BCUT2D eigenvalue weighted by Crippen LogP contribution is 2.27. The van der Waals surface area contributed by atoms with Crippen molar-refractivity contribution in [1.82, 2.24) is 15.0 Å². The molecule has 2 aromatic carbocycles. The molecular weight excluding hydrogens is 355 g/mol. The van der Waals surface area contributed by atoms with Crippen LogP contribution in [-0.2, 0) is 0 Å². The number of benzene rings is 2. The maximum atomic E-state index is 14.2. The van der Waals surface area contributed by atoms with Gasteiger partial charge >= 0.3 is 0 Å². The summed E-state index contributed by atoms with van der Waals surface area (Å²) in [5.74, 6) is 1.27. The lowest BCUT2D eigenvalue weighted by Crippen LogP contribution is -2.25. The molecule has 0 radical (unpaired) electrons. The molecule has 4 aromatic rings. The van der Waals surface area contributed by atoms with Gasteiger partial charge in [0.15, 0.2) is 5.82 Å². The van der Waals surface area contributed by atoms with Gasteiger partial charge in [0.2, 0.25) is 5.95 Å². The van der Waals surface area contributed by atoms with Gasteiger partial charge in [-0.05, 0) is 36.4 Å². The number of aromatic nitrogens is 3. The van der Waals surface area contributed by atoms with Gasteiger partial charge in [0.25, 0.3) is 0 Å². The molecule has 0 saturated heterocycles. The lowest BCUT2D eigenvalue weighted by Gasteiger charge is -2.21. The standard InChI is InChI=1S/C22H19FN4O/c1-27(14-15-28-16-8-3-2-4-9-16)22-17-10-5-6-12-19(17)25-21(26-22)18-11-7-13-24-20(18)23/h2-13H,14-15H2,1H3. The van der Waals surface area contributed by atoms with Gasteiger partial charge < -0.3 is 9.64 Å². The molecule has 0 aliphatic heterocycles. The highest BCUT2D eigenvalue weighted by molar-refractivity contribution is 5.90. The van der Waals surface area contributed by atoms with Crippen molar-refractivity contribution in [3.63, 3.8) is 0 Å². The highest BCUT2D eigenvalue weighted by Gasteiger charge is 2.15. The Morgan fingerprint density at radius 2 is 1.71 bits per heavy atom. The van der Waals surface area contributed by atoms with E-state index in [1.165, 1.54) is 6.20 Å². The molecule has 0 aliphatic rings. The number of nitrogens with zero attached hydrogens (tertiary/aromatic N) is 4. The molecule has 0 fully saturated rings. The molecule has 0 spiro atoms. The van der Waals surface area contributed by atoms with Crippen LogP contribution in [0, 0.1) is 5.95 Å². The van der Waals surface area contributed by atoms with E-state index in [9.17, 15) is 4.39 Å². The highest BCUT2D eigenvalue weighted by atomic mass is 19.1. The lowest BCUT2D eigenvalue weighted by atomic mass is 10.2. The number of hydrogen-bond donors (Lipinski definition) is 0. The second-order valence-corrected chi connectivity index (χ2v) is 6.31. The summed E-state index contributed by atoms with van der Waals surface area (Å²) in [5.41, 5.74) is 1.03. The van der Waals surface area contributed by atoms with E-state index in [2.05, 4.69) is 15.0 Å². The van der Waals surface area contributed by atoms with E-state index in [4.69, 9.17) is 4.74 Å². The first kappa shape index (κ1) is 17.9. The van der Waals surface area contributed by atoms with Crippen molar-refractivity contribution in [3.8, 4) is 17.1 Å². The summed E-state index contributed by atoms with van der Waals surface area (Å²) in [7, 11) is 1.94. The Morgan fingerprint density at radius 1 is 0.929 bits per heavy atom. The Hall–Kier alpha value is -3.54. The fraction of sp³-hybridized carbons (Fsp3) is 0.136. The number of fused-ring (bicyclic) bond motifs is 1. The van der Waals surface area contributed by atoms with Crippen molar-refractivity contribution in [3.05, 3.63) is 78.9 Å². The van der Waals surface area contributed by atoms with Crippen LogP contribution in [0.4, 0.5) is 10.2 Å². The van der Waals surface area contributed by atoms with Crippen LogP contribution < -0.4 is 9.64 Å². The van der Waals surface area contributed by atoms with Gasteiger partial charge in [-0.25, -0.2) is 15.0 Å². The maximum absolute atomic E-state index is 14.2. The first-order valence-electron chi connectivity index (χ1n) is 8.99. The minimum absolute atomic E-state index is 0.281. The number of halogens is 1. The Morgan fingerprint density at radius 3 is 2.54 bits per heavy atom. The predicted molar refractivity (Wildman–Crippen MR) is 108 cm³/mol. The van der Waals surface area contributed by atoms with Crippen LogP contribution in [0.25, 0.3) is 22.3 Å². The van der Waals surface area contributed by atoms with Crippen molar-refractivity contribution in [1.29, 1.82) is 0 Å². The minimum Gasteiger partial charge on any atom is -0.492 e. The Labute approximate surface area is 162 Å². The molecule has 2 heterocycles. The monoisotopic (exact) mass is 374 g/mol. The largest absolute Gasteiger partial charge is 0.492 e. The second-order valence-electron chi connectivity index (χ2n) is 6.31. The van der Waals surface area contributed by atoms with Gasteiger partial charge in [0, 0.05) is 18.6 Å². The third-order valence-electron chi connectivity index (χ3n) is 4.38. The first-order valence-corrected chi connectivity index (χ1v) is 8.99. The molecule has 0 atom stereocenters. The summed E-state index contributed by atoms with van der Waals surface area (Å²) < 4.78 is 20.0. The molecule has 5 nitrogen and oxygen atoms in total. The molecule has 28 heavy (non-hydrogen) atoms. The van der Waals surface area contributed by atoms with Crippen LogP contribution >= 0.6 is 0 Å². The third-order valence-corrected chi connectivity index (χ3v) is 4.38. The normalized spacial score (nSPS) is 10.8. The molecule has 2 aromatic heterocycles. The zero-order chi connectivity index (χ0) is 19.3. The summed E-state index contributed by atoms with van der Waals surface area (Å²) in [4.78, 5) is 14.9. The molecule has 4 rings (SSSR count). The lowest BCUT2D eigenvalue weighted by molar-refractivity contribution is 0.326. The number of ether oxygens (including phenoxy) is 1. The number of rotatable bonds is 6. The van der Waals surface area contributed by atoms with E-state index >= 15 is 0 Å². The average molecular weight is 374 g/mol. The fourth-order valence-electron chi connectivity index (χ4n) is 2.95. The van der Waals surface area contributed by atoms with Crippen LogP contribution in [0.3, 0.4) is 0 Å². The predicted octanol–water partition coefficient (Wildman–Crippen LogP) is 4.35. The van der Waals surface area contributed by atoms with E-state index in [1.807, 2.05) is 66.5 Å². The van der Waals surface area contributed by atoms with E-state index in [0.29, 0.717) is 19.0 Å². The Bertz CT molecular complexity index is 1090. The number of likely N-dealkylation sites (N-methyl/N-ethyl adjacent to an activating group) is 1. The zero-order valence-corrected chi connectivity index (χ0v) is 15.4. The minimum atomic E-state index is -0.584. The molecule has 6 heteroatoms. The van der Waals surface area contributed by atoms with Crippen LogP contribution in [0.15, 0.2) is 72.9 Å². The van der Waals surface area contributed by atoms with Crippen LogP contribution in [0.1, 0.15) is 0 Å². The maximum Gasteiger partial charge on any atom is 0.223 e. The summed E-state index contributed by atoms with van der Waals surface area (Å²) in [5, 5.41) is 0.901. The van der Waals surface area contributed by atoms with Crippen molar-refractivity contribution < 1.29 is 9.13 Å². The Kier molecular flexibility index (Phi) is 5.10. The summed E-state index contributed by atoms with van der Waals surface area (Å²) in [6.07, 6.45) is 1.41. The van der Waals surface area contributed by atoms with Crippen LogP contribution in [0.2, 0.25) is 0 Å². The van der Waals surface area contributed by atoms with Gasteiger partial charge in [-0.15, -0.1) is 0 Å². The van der Waals surface area contributed by atoms with Gasteiger partial charge in [0.1, 0.15) is 18.2 Å². The summed E-state index contributed by atoms with van der Waals surface area (Å²) in [6.45, 7) is 1.11. The van der Waals surface area contributed by atoms with Gasteiger partial charge in [-0.1, -0.05) is 30.3 Å². The van der Waals surface area contributed by atoms with E-state index < -0.39 is 5.95 Å². The van der Waals surface area contributed by atoms with Gasteiger partial charge in [-0.2, -0.15) is 4.39 Å². The quantitative estimate of drug-likeness (QED) is 0.470. The van der Waals surface area contributed by atoms with Gasteiger partial charge in [-0.3, -0.25) is 0 Å². The molecule has 0 aliphatic carbocycles. The topological polar surface area (TPSA) is 51.1 Å². The number of pyridine rings is 1. The summed E-state index contributed by atoms with van der Waals surface area (Å²) in [6, 6.07) is 20.7. The Balaban J connectivity index is 1.64. The molecule has 140 valence electrons. The number of hydrogen-bond acceptors (Lipinski definition) is 5.